The van der Waals surface area contributed by atoms with Crippen LogP contribution in [-0.2, 0) is 14.8 Å². The molecule has 0 bridgehead atoms. The number of aliphatic carboxylic acids is 1. The first-order valence-electron chi connectivity index (χ1n) is 4.43. The van der Waals surface area contributed by atoms with E-state index in [4.69, 9.17) is 10.2 Å². The molecule has 10 heteroatoms. The number of phenolic OH excluding ortho intramolecular Hbond substituents is 1. The molecular formula is C8H8N2O7S. The largest absolute Gasteiger partial charge is 0.502 e. The van der Waals surface area contributed by atoms with Crippen molar-refractivity contribution < 1.29 is 28.3 Å². The molecule has 0 saturated heterocycles. The Morgan fingerprint density at radius 3 is 2.56 bits per heavy atom. The predicted molar refractivity (Wildman–Crippen MR) is 57.6 cm³/mol. The molecule has 0 unspecified atom stereocenters. The Hall–Kier alpha value is -2.20. The number of hydrogen-bond donors (Lipinski definition) is 3. The van der Waals surface area contributed by atoms with Gasteiger partial charge in [0, 0.05) is 6.07 Å². The van der Waals surface area contributed by atoms with Crippen molar-refractivity contribution in [3.8, 4) is 5.75 Å². The first-order valence-corrected chi connectivity index (χ1v) is 5.91. The average molecular weight is 276 g/mol. The van der Waals surface area contributed by atoms with Gasteiger partial charge in [0.1, 0.15) is 6.54 Å². The van der Waals surface area contributed by atoms with Crippen LogP contribution in [0.3, 0.4) is 0 Å². The number of nitro groups is 1. The molecule has 0 aliphatic carbocycles. The molecule has 0 amide bonds. The third kappa shape index (κ3) is 3.15. The van der Waals surface area contributed by atoms with Crippen molar-refractivity contribution in [2.45, 2.75) is 4.90 Å². The van der Waals surface area contributed by atoms with E-state index >= 15 is 0 Å². The van der Waals surface area contributed by atoms with Gasteiger partial charge in [-0.15, -0.1) is 0 Å². The van der Waals surface area contributed by atoms with Crippen LogP contribution in [-0.4, -0.2) is 36.1 Å². The summed E-state index contributed by atoms with van der Waals surface area (Å²) in [5.41, 5.74) is -0.784. The zero-order chi connectivity index (χ0) is 13.9. The monoisotopic (exact) mass is 276 g/mol. The molecule has 0 saturated carbocycles. The van der Waals surface area contributed by atoms with Crippen LogP contribution in [0.25, 0.3) is 0 Å². The van der Waals surface area contributed by atoms with Crippen LogP contribution in [0.2, 0.25) is 0 Å². The standard InChI is InChI=1S/C8H8N2O7S/c11-7-2-1-5(3-6(7)10(14)15)18(16,17)9-4-8(12)13/h1-3,9,11H,4H2,(H,12,13). The highest BCUT2D eigenvalue weighted by atomic mass is 32.2. The van der Waals surface area contributed by atoms with E-state index in [2.05, 4.69) is 0 Å². The molecule has 9 nitrogen and oxygen atoms in total. The van der Waals surface area contributed by atoms with E-state index < -0.39 is 43.8 Å². The minimum absolute atomic E-state index is 0.506. The predicted octanol–water partition coefficient (Wildman–Crippen LogP) is -0.337. The van der Waals surface area contributed by atoms with Crippen LogP contribution >= 0.6 is 0 Å². The first kappa shape index (κ1) is 13.9. The van der Waals surface area contributed by atoms with E-state index in [1.165, 1.54) is 0 Å². The highest BCUT2D eigenvalue weighted by Gasteiger charge is 2.21. The first-order chi connectivity index (χ1) is 8.24. The minimum atomic E-state index is -4.17. The SMILES string of the molecule is O=C(O)CNS(=O)(=O)c1ccc(O)c([N+](=O)[O-])c1. The lowest BCUT2D eigenvalue weighted by molar-refractivity contribution is -0.386. The number of hydrogen-bond acceptors (Lipinski definition) is 6. The number of phenols is 1. The lowest BCUT2D eigenvalue weighted by Gasteiger charge is -2.04. The second kappa shape index (κ2) is 4.98. The van der Waals surface area contributed by atoms with Crippen LogP contribution in [0.4, 0.5) is 5.69 Å². The maximum Gasteiger partial charge on any atom is 0.318 e. The number of carboxylic acid groups (broad SMARTS) is 1. The number of nitro benzene ring substituents is 1. The van der Waals surface area contributed by atoms with Crippen LogP contribution in [0.15, 0.2) is 23.1 Å². The molecule has 3 N–H and O–H groups in total. The van der Waals surface area contributed by atoms with E-state index in [9.17, 15) is 23.3 Å². The van der Waals surface area contributed by atoms with Gasteiger partial charge in [0.2, 0.25) is 10.0 Å². The zero-order valence-corrected chi connectivity index (χ0v) is 9.55. The molecule has 1 aromatic rings. The van der Waals surface area contributed by atoms with Crippen molar-refractivity contribution in [3.63, 3.8) is 0 Å². The highest BCUT2D eigenvalue weighted by molar-refractivity contribution is 7.89. The quantitative estimate of drug-likeness (QED) is 0.492. The molecule has 1 aromatic carbocycles. The number of nitrogens with zero attached hydrogens (tertiary/aromatic N) is 1. The Morgan fingerprint density at radius 1 is 1.44 bits per heavy atom. The normalized spacial score (nSPS) is 11.1. The number of sulfonamides is 1. The summed E-state index contributed by atoms with van der Waals surface area (Å²) >= 11 is 0. The van der Waals surface area contributed by atoms with Gasteiger partial charge in [-0.2, -0.15) is 4.72 Å². The van der Waals surface area contributed by atoms with Crippen molar-refractivity contribution in [1.82, 2.24) is 4.72 Å². The van der Waals surface area contributed by atoms with Crippen molar-refractivity contribution in [3.05, 3.63) is 28.3 Å². The second-order valence-corrected chi connectivity index (χ2v) is 4.89. The van der Waals surface area contributed by atoms with Gasteiger partial charge in [-0.3, -0.25) is 14.9 Å². The van der Waals surface area contributed by atoms with Gasteiger partial charge < -0.3 is 10.2 Å². The lowest BCUT2D eigenvalue weighted by Crippen LogP contribution is -2.29. The zero-order valence-electron chi connectivity index (χ0n) is 8.73. The summed E-state index contributed by atoms with van der Waals surface area (Å²) in [5.74, 6) is -2.08. The van der Waals surface area contributed by atoms with Crippen LogP contribution in [0.1, 0.15) is 0 Å². The van der Waals surface area contributed by atoms with Gasteiger partial charge in [-0.05, 0) is 12.1 Å². The van der Waals surface area contributed by atoms with E-state index in [0.29, 0.717) is 6.07 Å². The summed E-state index contributed by atoms with van der Waals surface area (Å²) in [6.45, 7) is -0.850. The molecular weight excluding hydrogens is 268 g/mol. The number of carboxylic acids is 1. The third-order valence-corrected chi connectivity index (χ3v) is 3.27. The smallest absolute Gasteiger partial charge is 0.318 e. The van der Waals surface area contributed by atoms with Crippen LogP contribution in [0, 0.1) is 10.1 Å². The van der Waals surface area contributed by atoms with Gasteiger partial charge in [-0.1, -0.05) is 0 Å². The Kier molecular flexibility index (Phi) is 3.83. The molecule has 18 heavy (non-hydrogen) atoms. The average Bonchev–Trinajstić information content (AvgIpc) is 2.26. The van der Waals surface area contributed by atoms with Crippen LogP contribution in [0.5, 0.6) is 5.75 Å². The Morgan fingerprint density at radius 2 is 2.06 bits per heavy atom. The van der Waals surface area contributed by atoms with Gasteiger partial charge in [-0.25, -0.2) is 8.42 Å². The molecule has 0 radical (unpaired) electrons. The number of aromatic hydroxyl groups is 1. The molecule has 0 aliphatic heterocycles. The molecule has 0 heterocycles. The molecule has 0 aromatic heterocycles. The second-order valence-electron chi connectivity index (χ2n) is 3.13. The Labute approximate surface area is 101 Å². The van der Waals surface area contributed by atoms with E-state index in [1.807, 2.05) is 0 Å². The van der Waals surface area contributed by atoms with Crippen molar-refractivity contribution >= 4 is 21.7 Å². The van der Waals surface area contributed by atoms with Crippen molar-refractivity contribution in [2.24, 2.45) is 0 Å². The van der Waals surface area contributed by atoms with E-state index in [-0.39, 0.29) is 0 Å². The summed E-state index contributed by atoms with van der Waals surface area (Å²) in [5, 5.41) is 28.0. The van der Waals surface area contributed by atoms with Gasteiger partial charge in [0.15, 0.2) is 5.75 Å². The summed E-state index contributed by atoms with van der Waals surface area (Å²) in [6, 6.07) is 2.40. The van der Waals surface area contributed by atoms with Crippen molar-refractivity contribution in [1.29, 1.82) is 0 Å². The minimum Gasteiger partial charge on any atom is -0.502 e. The number of benzene rings is 1. The molecule has 1 rings (SSSR count). The maximum absolute atomic E-state index is 11.5. The fourth-order valence-electron chi connectivity index (χ4n) is 1.06. The summed E-state index contributed by atoms with van der Waals surface area (Å²) in [7, 11) is -4.17. The molecule has 0 aliphatic rings. The fraction of sp³-hybridized carbons (Fsp3) is 0.125. The molecule has 0 spiro atoms. The molecule has 0 fully saturated rings. The number of carbonyl (C=O) groups is 1. The van der Waals surface area contributed by atoms with E-state index in [0.717, 1.165) is 12.1 Å². The fourth-order valence-corrected chi connectivity index (χ4v) is 2.05. The maximum atomic E-state index is 11.5. The Balaban J connectivity index is 3.14. The number of nitrogens with one attached hydrogen (secondary N) is 1. The molecule has 0 atom stereocenters. The van der Waals surface area contributed by atoms with Gasteiger partial charge in [0.25, 0.3) is 0 Å². The third-order valence-electron chi connectivity index (χ3n) is 1.87. The van der Waals surface area contributed by atoms with Gasteiger partial charge in [0.05, 0.1) is 9.82 Å². The highest BCUT2D eigenvalue weighted by Crippen LogP contribution is 2.27. The number of rotatable bonds is 5. The lowest BCUT2D eigenvalue weighted by atomic mass is 10.3. The van der Waals surface area contributed by atoms with Crippen molar-refractivity contribution in [2.75, 3.05) is 6.54 Å². The van der Waals surface area contributed by atoms with E-state index in [1.54, 1.807) is 4.72 Å². The summed E-state index contributed by atoms with van der Waals surface area (Å²) < 4.78 is 24.8. The Bertz CT molecular complexity index is 595. The summed E-state index contributed by atoms with van der Waals surface area (Å²) in [6.07, 6.45) is 0. The van der Waals surface area contributed by atoms with Gasteiger partial charge >= 0.3 is 11.7 Å². The van der Waals surface area contributed by atoms with Crippen LogP contribution < -0.4 is 4.72 Å². The topological polar surface area (TPSA) is 147 Å². The summed E-state index contributed by atoms with van der Waals surface area (Å²) in [4.78, 5) is 19.3. The molecule has 98 valence electrons.